The normalized spacial score (nSPS) is 10.6. The van der Waals surface area contributed by atoms with E-state index in [2.05, 4.69) is 15.3 Å². The van der Waals surface area contributed by atoms with Crippen LogP contribution in [0.25, 0.3) is 0 Å². The lowest BCUT2D eigenvalue weighted by atomic mass is 10.2. The molecule has 2 aromatic carbocycles. The van der Waals surface area contributed by atoms with E-state index in [1.807, 2.05) is 49.4 Å². The van der Waals surface area contributed by atoms with Crippen LogP contribution in [0.5, 0.6) is 0 Å². The maximum absolute atomic E-state index is 6.23. The fourth-order valence-electron chi connectivity index (χ4n) is 2.05. The van der Waals surface area contributed by atoms with Gasteiger partial charge in [-0.05, 0) is 48.9 Å². The van der Waals surface area contributed by atoms with Crippen molar-refractivity contribution in [3.8, 4) is 0 Å². The number of nitrogens with one attached hydrogen (secondary N) is 1. The van der Waals surface area contributed by atoms with Gasteiger partial charge in [0.1, 0.15) is 17.0 Å². The summed E-state index contributed by atoms with van der Waals surface area (Å²) in [6, 6.07) is 13.1. The van der Waals surface area contributed by atoms with Crippen LogP contribution in [-0.2, 0) is 0 Å². The molecule has 0 bridgehead atoms. The smallest absolute Gasteiger partial charge is 0.158 e. The SMILES string of the molecule is Cc1c(Cl)cccc1Nc1ncnc(Sc2ccc(Cl)cc2)c1N. The van der Waals surface area contributed by atoms with E-state index in [4.69, 9.17) is 28.9 Å². The molecule has 122 valence electrons. The molecule has 7 heteroatoms. The molecule has 0 spiro atoms. The average Bonchev–Trinajstić information content (AvgIpc) is 2.57. The summed E-state index contributed by atoms with van der Waals surface area (Å²) >= 11 is 13.5. The summed E-state index contributed by atoms with van der Waals surface area (Å²) in [4.78, 5) is 9.50. The van der Waals surface area contributed by atoms with Crippen molar-refractivity contribution >= 4 is 52.2 Å². The molecule has 24 heavy (non-hydrogen) atoms. The second-order valence-electron chi connectivity index (χ2n) is 5.03. The fraction of sp³-hybridized carbons (Fsp3) is 0.0588. The molecule has 0 saturated carbocycles. The molecular formula is C17H14Cl2N4S. The van der Waals surface area contributed by atoms with Gasteiger partial charge in [0.15, 0.2) is 5.82 Å². The minimum atomic E-state index is 0.483. The highest BCUT2D eigenvalue weighted by Crippen LogP contribution is 2.35. The summed E-state index contributed by atoms with van der Waals surface area (Å²) in [5.41, 5.74) is 8.50. The molecule has 0 aliphatic rings. The number of anilines is 3. The van der Waals surface area contributed by atoms with Crippen LogP contribution < -0.4 is 11.1 Å². The van der Waals surface area contributed by atoms with Gasteiger partial charge in [-0.2, -0.15) is 0 Å². The molecule has 0 fully saturated rings. The minimum Gasteiger partial charge on any atom is -0.394 e. The van der Waals surface area contributed by atoms with Gasteiger partial charge in [-0.1, -0.05) is 41.0 Å². The van der Waals surface area contributed by atoms with Crippen LogP contribution in [0.4, 0.5) is 17.2 Å². The van der Waals surface area contributed by atoms with Gasteiger partial charge in [0.25, 0.3) is 0 Å². The fourth-order valence-corrected chi connectivity index (χ4v) is 3.15. The number of halogens is 2. The summed E-state index contributed by atoms with van der Waals surface area (Å²) in [5, 5.41) is 5.27. The maximum atomic E-state index is 6.23. The molecule has 0 aliphatic heterocycles. The molecule has 3 aromatic rings. The van der Waals surface area contributed by atoms with Gasteiger partial charge in [0, 0.05) is 20.6 Å². The van der Waals surface area contributed by atoms with E-state index < -0.39 is 0 Å². The van der Waals surface area contributed by atoms with Crippen molar-refractivity contribution in [2.45, 2.75) is 16.8 Å². The van der Waals surface area contributed by atoms with E-state index >= 15 is 0 Å². The summed E-state index contributed by atoms with van der Waals surface area (Å²) in [5.74, 6) is 0.548. The second kappa shape index (κ2) is 7.30. The van der Waals surface area contributed by atoms with Crippen molar-refractivity contribution < 1.29 is 0 Å². The molecular weight excluding hydrogens is 363 g/mol. The predicted octanol–water partition coefficient (Wildman–Crippen LogP) is 5.57. The number of nitrogens with zero attached hydrogens (tertiary/aromatic N) is 2. The Kier molecular flexibility index (Phi) is 5.14. The van der Waals surface area contributed by atoms with E-state index in [1.165, 1.54) is 18.1 Å². The van der Waals surface area contributed by atoms with Crippen molar-refractivity contribution in [2.24, 2.45) is 0 Å². The van der Waals surface area contributed by atoms with Crippen LogP contribution in [0.2, 0.25) is 10.0 Å². The molecule has 0 atom stereocenters. The second-order valence-corrected chi connectivity index (χ2v) is 6.94. The first-order valence-electron chi connectivity index (χ1n) is 7.10. The van der Waals surface area contributed by atoms with Gasteiger partial charge >= 0.3 is 0 Å². The van der Waals surface area contributed by atoms with E-state index in [0.29, 0.717) is 26.6 Å². The zero-order valence-corrected chi connectivity index (χ0v) is 15.1. The van der Waals surface area contributed by atoms with Gasteiger partial charge in [-0.3, -0.25) is 0 Å². The lowest BCUT2D eigenvalue weighted by Crippen LogP contribution is -2.03. The van der Waals surface area contributed by atoms with Crippen molar-refractivity contribution in [1.29, 1.82) is 0 Å². The molecule has 0 aliphatic carbocycles. The number of rotatable bonds is 4. The van der Waals surface area contributed by atoms with Gasteiger partial charge in [-0.25, -0.2) is 9.97 Å². The number of nitrogen functional groups attached to an aromatic ring is 1. The molecule has 3 N–H and O–H groups in total. The van der Waals surface area contributed by atoms with Gasteiger partial charge < -0.3 is 11.1 Å². The molecule has 3 rings (SSSR count). The van der Waals surface area contributed by atoms with Crippen LogP contribution >= 0.6 is 35.0 Å². The quantitative estimate of drug-likeness (QED) is 0.582. The molecule has 0 unspecified atom stereocenters. The first-order chi connectivity index (χ1) is 11.5. The van der Waals surface area contributed by atoms with Crippen LogP contribution in [0.3, 0.4) is 0 Å². The highest BCUT2D eigenvalue weighted by atomic mass is 35.5. The van der Waals surface area contributed by atoms with E-state index in [1.54, 1.807) is 0 Å². The van der Waals surface area contributed by atoms with E-state index in [-0.39, 0.29) is 0 Å². The largest absolute Gasteiger partial charge is 0.394 e. The minimum absolute atomic E-state index is 0.483. The Morgan fingerprint density at radius 3 is 2.54 bits per heavy atom. The zero-order valence-electron chi connectivity index (χ0n) is 12.8. The predicted molar refractivity (Wildman–Crippen MR) is 101 cm³/mol. The average molecular weight is 377 g/mol. The van der Waals surface area contributed by atoms with Crippen molar-refractivity contribution in [2.75, 3.05) is 11.1 Å². The van der Waals surface area contributed by atoms with Gasteiger partial charge in [-0.15, -0.1) is 0 Å². The Hall–Kier alpha value is -1.95. The Bertz CT molecular complexity index is 869. The van der Waals surface area contributed by atoms with Crippen LogP contribution in [0.15, 0.2) is 58.7 Å². The van der Waals surface area contributed by atoms with Crippen molar-refractivity contribution in [3.63, 3.8) is 0 Å². The number of hydrogen-bond acceptors (Lipinski definition) is 5. The standard InChI is InChI=1S/C17H14Cl2N4S/c1-10-13(19)3-2-4-14(10)23-16-15(20)17(22-9-21-16)24-12-7-5-11(18)6-8-12/h2-9H,20H2,1H3,(H,21,22,23). The summed E-state index contributed by atoms with van der Waals surface area (Å²) in [6.07, 6.45) is 1.48. The summed E-state index contributed by atoms with van der Waals surface area (Å²) < 4.78 is 0. The van der Waals surface area contributed by atoms with Crippen LogP contribution in [-0.4, -0.2) is 9.97 Å². The number of benzene rings is 2. The monoisotopic (exact) mass is 376 g/mol. The first-order valence-corrected chi connectivity index (χ1v) is 8.68. The molecule has 0 saturated heterocycles. The first kappa shape index (κ1) is 16.9. The Labute approximate surface area is 154 Å². The highest BCUT2D eigenvalue weighted by Gasteiger charge is 2.11. The third kappa shape index (κ3) is 3.75. The van der Waals surface area contributed by atoms with E-state index in [9.17, 15) is 0 Å². The lowest BCUT2D eigenvalue weighted by molar-refractivity contribution is 1.06. The Balaban J connectivity index is 1.88. The van der Waals surface area contributed by atoms with Gasteiger partial charge in [0.05, 0.1) is 0 Å². The number of aromatic nitrogens is 2. The highest BCUT2D eigenvalue weighted by molar-refractivity contribution is 7.99. The number of hydrogen-bond donors (Lipinski definition) is 2. The Morgan fingerprint density at radius 1 is 1.04 bits per heavy atom. The van der Waals surface area contributed by atoms with E-state index in [0.717, 1.165) is 16.1 Å². The molecule has 1 heterocycles. The summed E-state index contributed by atoms with van der Waals surface area (Å²) in [6.45, 7) is 1.94. The van der Waals surface area contributed by atoms with Gasteiger partial charge in [0.2, 0.25) is 0 Å². The lowest BCUT2D eigenvalue weighted by Gasteiger charge is -2.13. The topological polar surface area (TPSA) is 63.8 Å². The third-order valence-corrected chi connectivity index (χ3v) is 5.08. The zero-order chi connectivity index (χ0) is 17.1. The Morgan fingerprint density at radius 2 is 1.79 bits per heavy atom. The third-order valence-electron chi connectivity index (χ3n) is 3.40. The maximum Gasteiger partial charge on any atom is 0.158 e. The molecule has 0 radical (unpaired) electrons. The van der Waals surface area contributed by atoms with Crippen LogP contribution in [0.1, 0.15) is 5.56 Å². The van der Waals surface area contributed by atoms with Crippen molar-refractivity contribution in [1.82, 2.24) is 9.97 Å². The number of nitrogens with two attached hydrogens (primary N) is 1. The van der Waals surface area contributed by atoms with Crippen LogP contribution in [0, 0.1) is 6.92 Å². The van der Waals surface area contributed by atoms with Crippen molar-refractivity contribution in [3.05, 3.63) is 64.4 Å². The molecule has 0 amide bonds. The summed E-state index contributed by atoms with van der Waals surface area (Å²) in [7, 11) is 0. The molecule has 4 nitrogen and oxygen atoms in total. The molecule has 1 aromatic heterocycles.